The molecule has 0 aliphatic carbocycles. The minimum Gasteiger partial charge on any atom is -0.508 e. The van der Waals surface area contributed by atoms with E-state index in [1.807, 2.05) is 30.3 Å². The van der Waals surface area contributed by atoms with Gasteiger partial charge in [-0.1, -0.05) is 12.1 Å². The summed E-state index contributed by atoms with van der Waals surface area (Å²) >= 11 is 0. The number of hydrogen-bond acceptors (Lipinski definition) is 3. The molecule has 1 aromatic carbocycles. The summed E-state index contributed by atoms with van der Waals surface area (Å²) in [7, 11) is 0. The fourth-order valence-electron chi connectivity index (χ4n) is 3.62. The molecular weight excluding hydrogens is 312 g/mol. The van der Waals surface area contributed by atoms with Crippen molar-refractivity contribution in [3.05, 3.63) is 59.9 Å². The van der Waals surface area contributed by atoms with Crippen LogP contribution in [0.2, 0.25) is 0 Å². The van der Waals surface area contributed by atoms with Crippen LogP contribution in [0.5, 0.6) is 5.75 Å². The predicted octanol–water partition coefficient (Wildman–Crippen LogP) is 3.73. The molecule has 1 fully saturated rings. The highest BCUT2D eigenvalue weighted by molar-refractivity contribution is 5.77. The van der Waals surface area contributed by atoms with Crippen molar-refractivity contribution in [1.82, 2.24) is 9.88 Å². The number of carbonyl (C=O) groups is 1. The van der Waals surface area contributed by atoms with Crippen molar-refractivity contribution < 1.29 is 9.90 Å². The molecule has 0 saturated carbocycles. The monoisotopic (exact) mass is 338 g/mol. The molecule has 1 N–H and O–H groups in total. The zero-order chi connectivity index (χ0) is 17.5. The Kier molecular flexibility index (Phi) is 6.04. The van der Waals surface area contributed by atoms with Gasteiger partial charge in [0.05, 0.1) is 0 Å². The average Bonchev–Trinajstić information content (AvgIpc) is 2.65. The standard InChI is InChI=1S/C21H26N2O2/c24-20-6-3-4-18(16-20)7-9-19-5-1-2-15-23(19)21(25)10-8-17-11-13-22-14-12-17/h3-4,6,11-14,16,19,24H,1-2,5,7-10,15H2/t19-/m0/s1. The smallest absolute Gasteiger partial charge is 0.223 e. The number of aromatic nitrogens is 1. The number of piperidine rings is 1. The first kappa shape index (κ1) is 17.5. The summed E-state index contributed by atoms with van der Waals surface area (Å²) in [5.41, 5.74) is 2.30. The number of nitrogens with zero attached hydrogens (tertiary/aromatic N) is 2. The van der Waals surface area contributed by atoms with Gasteiger partial charge in [0.25, 0.3) is 0 Å². The van der Waals surface area contributed by atoms with E-state index in [1.165, 1.54) is 6.42 Å². The van der Waals surface area contributed by atoms with Gasteiger partial charge in [-0.3, -0.25) is 9.78 Å². The van der Waals surface area contributed by atoms with Gasteiger partial charge >= 0.3 is 0 Å². The van der Waals surface area contributed by atoms with E-state index >= 15 is 0 Å². The Balaban J connectivity index is 1.55. The van der Waals surface area contributed by atoms with Crippen molar-refractivity contribution in [2.24, 2.45) is 0 Å². The number of amides is 1. The van der Waals surface area contributed by atoms with Crippen molar-refractivity contribution in [3.8, 4) is 5.75 Å². The van der Waals surface area contributed by atoms with Gasteiger partial charge < -0.3 is 10.0 Å². The molecule has 1 aromatic heterocycles. The van der Waals surface area contributed by atoms with Gasteiger partial charge in [0.2, 0.25) is 5.91 Å². The van der Waals surface area contributed by atoms with E-state index in [0.29, 0.717) is 18.2 Å². The van der Waals surface area contributed by atoms with Crippen LogP contribution in [0, 0.1) is 0 Å². The minimum absolute atomic E-state index is 0.262. The molecule has 0 unspecified atom stereocenters. The summed E-state index contributed by atoms with van der Waals surface area (Å²) in [4.78, 5) is 18.8. The molecule has 1 aliphatic heterocycles. The highest BCUT2D eigenvalue weighted by atomic mass is 16.3. The molecule has 1 aliphatic rings. The number of phenols is 1. The second kappa shape index (κ2) is 8.65. The second-order valence-corrected chi connectivity index (χ2v) is 6.80. The molecule has 1 atom stereocenters. The maximum absolute atomic E-state index is 12.7. The average molecular weight is 338 g/mol. The fraction of sp³-hybridized carbons (Fsp3) is 0.429. The van der Waals surface area contributed by atoms with Crippen LogP contribution < -0.4 is 0 Å². The first-order valence-electron chi connectivity index (χ1n) is 9.18. The minimum atomic E-state index is 0.262. The number of benzene rings is 1. The molecule has 2 aromatic rings. The van der Waals surface area contributed by atoms with Crippen molar-refractivity contribution >= 4 is 5.91 Å². The number of carbonyl (C=O) groups excluding carboxylic acids is 1. The number of rotatable bonds is 6. The number of pyridine rings is 1. The van der Waals surface area contributed by atoms with Gasteiger partial charge in [-0.2, -0.15) is 0 Å². The number of hydrogen-bond donors (Lipinski definition) is 1. The van der Waals surface area contributed by atoms with Crippen molar-refractivity contribution in [2.75, 3.05) is 6.54 Å². The maximum Gasteiger partial charge on any atom is 0.223 e. The van der Waals surface area contributed by atoms with Crippen LogP contribution in [0.25, 0.3) is 0 Å². The molecule has 1 saturated heterocycles. The van der Waals surface area contributed by atoms with Crippen molar-refractivity contribution in [2.45, 2.75) is 51.0 Å². The predicted molar refractivity (Wildman–Crippen MR) is 98.3 cm³/mol. The first-order valence-corrected chi connectivity index (χ1v) is 9.18. The summed E-state index contributed by atoms with van der Waals surface area (Å²) in [5, 5.41) is 9.60. The lowest BCUT2D eigenvalue weighted by Gasteiger charge is -2.36. The van der Waals surface area contributed by atoms with E-state index < -0.39 is 0 Å². The number of likely N-dealkylation sites (tertiary alicyclic amines) is 1. The van der Waals surface area contributed by atoms with E-state index in [9.17, 15) is 9.90 Å². The molecule has 4 heteroatoms. The van der Waals surface area contributed by atoms with E-state index in [1.54, 1.807) is 18.5 Å². The highest BCUT2D eigenvalue weighted by Gasteiger charge is 2.26. The molecule has 3 rings (SSSR count). The van der Waals surface area contributed by atoms with Gasteiger partial charge in [-0.05, 0) is 73.9 Å². The molecule has 2 heterocycles. The van der Waals surface area contributed by atoms with Gasteiger partial charge in [0, 0.05) is 31.4 Å². The summed E-state index contributed by atoms with van der Waals surface area (Å²) in [6, 6.07) is 11.7. The Morgan fingerprint density at radius 2 is 1.96 bits per heavy atom. The third-order valence-electron chi connectivity index (χ3n) is 5.00. The third kappa shape index (κ3) is 5.05. The maximum atomic E-state index is 12.7. The summed E-state index contributed by atoms with van der Waals surface area (Å²) in [5.74, 6) is 0.573. The Labute approximate surface area is 149 Å². The summed E-state index contributed by atoms with van der Waals surface area (Å²) < 4.78 is 0. The second-order valence-electron chi connectivity index (χ2n) is 6.80. The number of aromatic hydroxyl groups is 1. The van der Waals surface area contributed by atoms with Crippen LogP contribution in [0.15, 0.2) is 48.8 Å². The van der Waals surface area contributed by atoms with Crippen LogP contribution in [0.4, 0.5) is 0 Å². The summed E-state index contributed by atoms with van der Waals surface area (Å²) in [6.07, 6.45) is 10.1. The quantitative estimate of drug-likeness (QED) is 0.873. The molecule has 25 heavy (non-hydrogen) atoms. The highest BCUT2D eigenvalue weighted by Crippen LogP contribution is 2.23. The van der Waals surface area contributed by atoms with Crippen LogP contribution in [0.1, 0.15) is 43.2 Å². The topological polar surface area (TPSA) is 53.4 Å². The van der Waals surface area contributed by atoms with Crippen LogP contribution in [0.3, 0.4) is 0 Å². The van der Waals surface area contributed by atoms with Crippen LogP contribution >= 0.6 is 0 Å². The number of aryl methyl sites for hydroxylation is 2. The van der Waals surface area contributed by atoms with Crippen molar-refractivity contribution in [3.63, 3.8) is 0 Å². The third-order valence-corrected chi connectivity index (χ3v) is 5.00. The van der Waals surface area contributed by atoms with E-state index in [0.717, 1.165) is 49.8 Å². The van der Waals surface area contributed by atoms with E-state index in [4.69, 9.17) is 0 Å². The SMILES string of the molecule is O=C(CCc1ccncc1)N1CCCC[C@H]1CCc1cccc(O)c1. The Morgan fingerprint density at radius 3 is 2.76 bits per heavy atom. The Hall–Kier alpha value is -2.36. The normalized spacial score (nSPS) is 17.4. The van der Waals surface area contributed by atoms with Crippen molar-refractivity contribution in [1.29, 1.82) is 0 Å². The summed E-state index contributed by atoms with van der Waals surface area (Å²) in [6.45, 7) is 0.875. The Morgan fingerprint density at radius 1 is 1.12 bits per heavy atom. The van der Waals surface area contributed by atoms with Gasteiger partial charge in [0.1, 0.15) is 5.75 Å². The first-order chi connectivity index (χ1) is 12.2. The Bertz CT molecular complexity index is 687. The molecule has 132 valence electrons. The molecule has 0 bridgehead atoms. The van der Waals surface area contributed by atoms with Gasteiger partial charge in [-0.15, -0.1) is 0 Å². The largest absolute Gasteiger partial charge is 0.508 e. The fourth-order valence-corrected chi connectivity index (χ4v) is 3.62. The molecule has 0 radical (unpaired) electrons. The van der Waals surface area contributed by atoms with E-state index in [2.05, 4.69) is 9.88 Å². The lowest BCUT2D eigenvalue weighted by molar-refractivity contribution is -0.135. The lowest BCUT2D eigenvalue weighted by Crippen LogP contribution is -2.44. The molecule has 1 amide bonds. The lowest BCUT2D eigenvalue weighted by atomic mass is 9.95. The van der Waals surface area contributed by atoms with Gasteiger partial charge in [0.15, 0.2) is 0 Å². The zero-order valence-corrected chi connectivity index (χ0v) is 14.6. The van der Waals surface area contributed by atoms with Gasteiger partial charge in [-0.25, -0.2) is 0 Å². The van der Waals surface area contributed by atoms with Crippen LogP contribution in [-0.2, 0) is 17.6 Å². The molecular formula is C21H26N2O2. The van der Waals surface area contributed by atoms with Crippen LogP contribution in [-0.4, -0.2) is 33.5 Å². The zero-order valence-electron chi connectivity index (χ0n) is 14.6. The molecule has 4 nitrogen and oxygen atoms in total. The molecule has 0 spiro atoms. The number of phenolic OH excluding ortho intramolecular Hbond substituents is 1. The van der Waals surface area contributed by atoms with E-state index in [-0.39, 0.29) is 5.91 Å².